The lowest BCUT2D eigenvalue weighted by Gasteiger charge is -2.29. The standard InChI is InChI=1S/C23H16F2N2O2.C15H12BrFN2O2.C8H6/c1-23(21(29-22(28)27-23)19-12-18(24)9-10-20(19)25)17-11-16(13-26-14-17)8-7-15-5-3-2-4-6-15;1-15(9-6-10(16)8-18-7-9)13(21-14(20)19-15)11-4-2-3-5-12(11)17;1-2-8-6-4-3-5-7-8/h2-6,9-14,21H,1H3,(H,27,28);2-8,13H,1H3,(H,19,20);1,3-7H/t21-,23+;13-,15+;/m00./s1. The molecule has 0 unspecified atom stereocenters. The highest BCUT2D eigenvalue weighted by Gasteiger charge is 2.49. The van der Waals surface area contributed by atoms with E-state index in [1.807, 2.05) is 66.7 Å². The maximum absolute atomic E-state index is 14.4. The number of amides is 2. The van der Waals surface area contributed by atoms with Crippen LogP contribution in [-0.4, -0.2) is 22.2 Å². The summed E-state index contributed by atoms with van der Waals surface area (Å²) in [6, 6.07) is 32.0. The van der Waals surface area contributed by atoms with E-state index in [1.54, 1.807) is 62.9 Å². The number of terminal acetylenes is 1. The summed E-state index contributed by atoms with van der Waals surface area (Å²) in [5.41, 5.74) is 1.94. The van der Waals surface area contributed by atoms with Crippen molar-refractivity contribution >= 4 is 28.1 Å². The fourth-order valence-electron chi connectivity index (χ4n) is 6.35. The first-order valence-corrected chi connectivity index (χ1v) is 18.5. The van der Waals surface area contributed by atoms with Crippen LogP contribution in [0.15, 0.2) is 145 Å². The van der Waals surface area contributed by atoms with E-state index in [1.165, 1.54) is 6.07 Å². The Bertz CT molecular complexity index is 2540. The number of halogens is 4. The SMILES string of the molecule is C#Cc1ccccc1.C[C@]1(c2cncc(Br)c2)NC(=O)O[C@H]1c1ccccc1F.C[C@]1(c2cncc(C#Cc3ccccc3)c2)NC(=O)O[C@H]1c1cc(F)ccc1F. The average molecular weight is 844 g/mol. The topological polar surface area (TPSA) is 102 Å². The molecular weight excluding hydrogens is 809 g/mol. The van der Waals surface area contributed by atoms with E-state index >= 15 is 0 Å². The van der Waals surface area contributed by atoms with Gasteiger partial charge in [0.2, 0.25) is 0 Å². The van der Waals surface area contributed by atoms with Gasteiger partial charge in [0.15, 0.2) is 12.2 Å². The minimum absolute atomic E-state index is 0.0494. The highest BCUT2D eigenvalue weighted by molar-refractivity contribution is 9.10. The first-order chi connectivity index (χ1) is 27.9. The van der Waals surface area contributed by atoms with Gasteiger partial charge in [-0.15, -0.1) is 6.42 Å². The summed E-state index contributed by atoms with van der Waals surface area (Å²) in [5, 5.41) is 5.47. The largest absolute Gasteiger partial charge is 0.438 e. The molecule has 8 nitrogen and oxygen atoms in total. The van der Waals surface area contributed by atoms with Crippen molar-refractivity contribution in [3.8, 4) is 24.2 Å². The molecule has 12 heteroatoms. The molecule has 2 saturated heterocycles. The first kappa shape index (κ1) is 40.8. The fourth-order valence-corrected chi connectivity index (χ4v) is 6.72. The van der Waals surface area contributed by atoms with Crippen LogP contribution in [0.25, 0.3) is 0 Å². The second kappa shape index (κ2) is 17.9. The number of pyridine rings is 2. The van der Waals surface area contributed by atoms with Crippen molar-refractivity contribution in [2.75, 3.05) is 0 Å². The summed E-state index contributed by atoms with van der Waals surface area (Å²) in [6.45, 7) is 3.47. The Hall–Kier alpha value is -6.89. The van der Waals surface area contributed by atoms with Crippen LogP contribution in [0.3, 0.4) is 0 Å². The smallest absolute Gasteiger partial charge is 0.408 e. The molecule has 2 amide bonds. The molecule has 2 fully saturated rings. The van der Waals surface area contributed by atoms with Crippen LogP contribution in [0.2, 0.25) is 0 Å². The number of alkyl carbamates (subject to hydrolysis) is 2. The van der Waals surface area contributed by atoms with E-state index < -0.39 is 52.9 Å². The van der Waals surface area contributed by atoms with Crippen LogP contribution < -0.4 is 10.6 Å². The normalized spacial score (nSPS) is 20.2. The third-order valence-electron chi connectivity index (χ3n) is 9.36. The number of nitrogens with one attached hydrogen (secondary N) is 2. The van der Waals surface area contributed by atoms with Crippen LogP contribution in [0, 0.1) is 41.6 Å². The van der Waals surface area contributed by atoms with Crippen molar-refractivity contribution in [2.45, 2.75) is 37.1 Å². The number of aromatic nitrogens is 2. The van der Waals surface area contributed by atoms with E-state index in [9.17, 15) is 22.8 Å². The van der Waals surface area contributed by atoms with Gasteiger partial charge in [0.05, 0.1) is 0 Å². The predicted octanol–water partition coefficient (Wildman–Crippen LogP) is 9.80. The van der Waals surface area contributed by atoms with Gasteiger partial charge in [-0.2, -0.15) is 0 Å². The highest BCUT2D eigenvalue weighted by Crippen LogP contribution is 2.44. The lowest BCUT2D eigenvalue weighted by atomic mass is 9.83. The van der Waals surface area contributed by atoms with Crippen LogP contribution >= 0.6 is 15.9 Å². The molecule has 2 aliphatic rings. The molecule has 0 saturated carbocycles. The van der Waals surface area contributed by atoms with Gasteiger partial charge >= 0.3 is 12.2 Å². The molecule has 58 heavy (non-hydrogen) atoms. The van der Waals surface area contributed by atoms with Crippen molar-refractivity contribution in [1.29, 1.82) is 0 Å². The summed E-state index contributed by atoms with van der Waals surface area (Å²) in [5.74, 6) is 6.91. The summed E-state index contributed by atoms with van der Waals surface area (Å²) in [4.78, 5) is 32.0. The van der Waals surface area contributed by atoms with Crippen LogP contribution in [0.4, 0.5) is 22.8 Å². The average Bonchev–Trinajstić information content (AvgIpc) is 3.73. The lowest BCUT2D eigenvalue weighted by molar-refractivity contribution is 0.109. The predicted molar refractivity (Wildman–Crippen MR) is 215 cm³/mol. The lowest BCUT2D eigenvalue weighted by Crippen LogP contribution is -2.39. The first-order valence-electron chi connectivity index (χ1n) is 17.7. The molecule has 2 aliphatic heterocycles. The summed E-state index contributed by atoms with van der Waals surface area (Å²) in [6.07, 6.45) is 8.39. The Kier molecular flexibility index (Phi) is 12.6. The molecule has 2 N–H and O–H groups in total. The Labute approximate surface area is 342 Å². The van der Waals surface area contributed by atoms with Gasteiger partial charge in [-0.05, 0) is 90.4 Å². The Balaban J connectivity index is 0.000000170. The van der Waals surface area contributed by atoms with Crippen molar-refractivity contribution in [3.05, 3.63) is 201 Å². The third kappa shape index (κ3) is 9.38. The van der Waals surface area contributed by atoms with E-state index in [0.717, 1.165) is 39.4 Å². The number of hydrogen-bond donors (Lipinski definition) is 2. The van der Waals surface area contributed by atoms with Crippen molar-refractivity contribution in [3.63, 3.8) is 0 Å². The summed E-state index contributed by atoms with van der Waals surface area (Å²) >= 11 is 3.35. The zero-order valence-corrected chi connectivity index (χ0v) is 32.6. The molecule has 8 rings (SSSR count). The van der Waals surface area contributed by atoms with Crippen molar-refractivity contribution in [1.82, 2.24) is 20.6 Å². The summed E-state index contributed by atoms with van der Waals surface area (Å²) < 4.78 is 53.5. The number of ether oxygens (including phenoxy) is 2. The molecule has 0 bridgehead atoms. The Morgan fingerprint density at radius 1 is 0.621 bits per heavy atom. The number of carbonyl (C=O) groups excluding carboxylic acids is 2. The Morgan fingerprint density at radius 3 is 1.72 bits per heavy atom. The number of rotatable bonds is 4. The van der Waals surface area contributed by atoms with Gasteiger partial charge in [0.25, 0.3) is 0 Å². The van der Waals surface area contributed by atoms with Gasteiger partial charge in [-0.1, -0.05) is 72.4 Å². The molecule has 4 atom stereocenters. The van der Waals surface area contributed by atoms with Crippen LogP contribution in [0.1, 0.15) is 65.0 Å². The number of cyclic esters (lactones) is 2. The van der Waals surface area contributed by atoms with E-state index in [4.69, 9.17) is 15.9 Å². The molecule has 290 valence electrons. The van der Waals surface area contributed by atoms with E-state index in [2.05, 4.69) is 54.3 Å². The highest BCUT2D eigenvalue weighted by atomic mass is 79.9. The molecular formula is C46H34BrF3N4O4. The number of nitrogens with zero attached hydrogens (tertiary/aromatic N) is 2. The van der Waals surface area contributed by atoms with E-state index in [-0.39, 0.29) is 5.56 Å². The molecule has 0 spiro atoms. The van der Waals surface area contributed by atoms with Crippen molar-refractivity contribution in [2.24, 2.45) is 0 Å². The third-order valence-corrected chi connectivity index (χ3v) is 9.79. The zero-order chi connectivity index (χ0) is 41.3. The van der Waals surface area contributed by atoms with Gasteiger partial charge in [-0.3, -0.25) is 9.97 Å². The monoisotopic (exact) mass is 842 g/mol. The molecule has 0 radical (unpaired) electrons. The minimum atomic E-state index is -1.15. The van der Waals surface area contributed by atoms with Gasteiger partial charge in [0.1, 0.15) is 28.5 Å². The van der Waals surface area contributed by atoms with Gasteiger partial charge in [-0.25, -0.2) is 22.8 Å². The second-order valence-corrected chi connectivity index (χ2v) is 14.3. The van der Waals surface area contributed by atoms with Gasteiger partial charge < -0.3 is 20.1 Å². The van der Waals surface area contributed by atoms with E-state index in [0.29, 0.717) is 16.7 Å². The van der Waals surface area contributed by atoms with Gasteiger partial charge in [0, 0.05) is 68.2 Å². The zero-order valence-electron chi connectivity index (χ0n) is 31.1. The number of carbonyl (C=O) groups is 2. The molecule has 4 aromatic carbocycles. The fraction of sp³-hybridized carbons (Fsp3) is 0.130. The Morgan fingerprint density at radius 2 is 1.14 bits per heavy atom. The number of hydrogen-bond acceptors (Lipinski definition) is 6. The minimum Gasteiger partial charge on any atom is -0.438 e. The number of benzene rings is 4. The molecule has 0 aliphatic carbocycles. The summed E-state index contributed by atoms with van der Waals surface area (Å²) in [7, 11) is 0. The van der Waals surface area contributed by atoms with Crippen LogP contribution in [0.5, 0.6) is 0 Å². The second-order valence-electron chi connectivity index (χ2n) is 13.4. The molecule has 6 aromatic rings. The molecule has 4 heterocycles. The van der Waals surface area contributed by atoms with Crippen molar-refractivity contribution < 1.29 is 32.2 Å². The maximum Gasteiger partial charge on any atom is 0.408 e. The molecule has 2 aromatic heterocycles. The van der Waals surface area contributed by atoms with Crippen LogP contribution in [-0.2, 0) is 20.6 Å². The quantitative estimate of drug-likeness (QED) is 0.172. The maximum atomic E-state index is 14.4.